The van der Waals surface area contributed by atoms with Gasteiger partial charge in [0, 0.05) is 53.7 Å². The predicted octanol–water partition coefficient (Wildman–Crippen LogP) is 3.88. The van der Waals surface area contributed by atoms with Gasteiger partial charge in [-0.3, -0.25) is 4.98 Å². The van der Waals surface area contributed by atoms with E-state index in [0.29, 0.717) is 30.7 Å². The molecular formula is C28H31N7O3S. The minimum Gasteiger partial charge on any atom is -0.382 e. The fraction of sp³-hybridized carbons (Fsp3) is 0.357. The van der Waals surface area contributed by atoms with E-state index in [9.17, 15) is 13.2 Å². The highest BCUT2D eigenvalue weighted by molar-refractivity contribution is 7.91. The number of sulfone groups is 1. The third-order valence-corrected chi connectivity index (χ3v) is 9.02. The number of hydrogen-bond donors (Lipinski definition) is 2. The van der Waals surface area contributed by atoms with Crippen LogP contribution in [0.25, 0.3) is 28.0 Å². The molecule has 0 saturated carbocycles. The van der Waals surface area contributed by atoms with Crippen LogP contribution >= 0.6 is 0 Å². The van der Waals surface area contributed by atoms with Crippen molar-refractivity contribution in [3.05, 3.63) is 60.6 Å². The highest BCUT2D eigenvalue weighted by Crippen LogP contribution is 2.45. The number of hydrogen-bond acceptors (Lipinski definition) is 7. The summed E-state index contributed by atoms with van der Waals surface area (Å²) >= 11 is 0. The lowest BCUT2D eigenvalue weighted by Crippen LogP contribution is -2.50. The summed E-state index contributed by atoms with van der Waals surface area (Å²) < 4.78 is 27.4. The van der Waals surface area contributed by atoms with E-state index in [4.69, 9.17) is 10.7 Å². The number of pyridine rings is 1. The van der Waals surface area contributed by atoms with Crippen LogP contribution in [0.3, 0.4) is 0 Å². The van der Waals surface area contributed by atoms with Gasteiger partial charge in [-0.25, -0.2) is 18.2 Å². The Kier molecular flexibility index (Phi) is 6.25. The zero-order valence-corrected chi connectivity index (χ0v) is 22.7. The van der Waals surface area contributed by atoms with E-state index in [2.05, 4.69) is 15.4 Å². The Balaban J connectivity index is 1.42. The zero-order chi connectivity index (χ0) is 27.3. The van der Waals surface area contributed by atoms with Gasteiger partial charge >= 0.3 is 6.03 Å². The molecule has 3 aromatic heterocycles. The van der Waals surface area contributed by atoms with Crippen molar-refractivity contribution in [1.82, 2.24) is 29.8 Å². The van der Waals surface area contributed by atoms with E-state index in [-0.39, 0.29) is 34.7 Å². The standard InChI is InChI=1S/C28H31N7O3S/c1-3-30-28(36)34-20-10-11-21(34)14-19(13-20)24-25(39(2,37)38)26(29)35-27(33-24)22(16-32-35)18-9-12-23(31-15-18)17-7-5-4-6-8-17/h4-9,12,15-16,19-21H,3,10-11,13-14,29H2,1-2H3,(H,30,36)/t19?,20-,21?/m0/s1. The molecule has 0 aliphatic carbocycles. The Bertz CT molecular complexity index is 1640. The summed E-state index contributed by atoms with van der Waals surface area (Å²) in [4.78, 5) is 24.2. The van der Waals surface area contributed by atoms with Crippen molar-refractivity contribution in [3.8, 4) is 22.4 Å². The van der Waals surface area contributed by atoms with Gasteiger partial charge < -0.3 is 16.0 Å². The smallest absolute Gasteiger partial charge is 0.317 e. The molecule has 2 unspecified atom stereocenters. The van der Waals surface area contributed by atoms with Crippen LogP contribution in [0.5, 0.6) is 0 Å². The molecule has 11 heteroatoms. The minimum atomic E-state index is -3.70. The number of nitrogen functional groups attached to an aromatic ring is 1. The molecule has 202 valence electrons. The topological polar surface area (TPSA) is 136 Å². The fourth-order valence-corrected chi connectivity index (χ4v) is 7.24. The van der Waals surface area contributed by atoms with E-state index in [1.807, 2.05) is 54.3 Å². The van der Waals surface area contributed by atoms with Gasteiger partial charge in [0.15, 0.2) is 15.5 Å². The largest absolute Gasteiger partial charge is 0.382 e. The van der Waals surface area contributed by atoms with Crippen molar-refractivity contribution < 1.29 is 13.2 Å². The first kappa shape index (κ1) is 25.3. The molecule has 6 rings (SSSR count). The van der Waals surface area contributed by atoms with Crippen LogP contribution in [0.15, 0.2) is 59.8 Å². The molecule has 4 aromatic rings. The maximum absolute atomic E-state index is 13.0. The number of nitrogens with two attached hydrogens (primary N) is 1. The van der Waals surface area contributed by atoms with Crippen molar-refractivity contribution in [1.29, 1.82) is 0 Å². The van der Waals surface area contributed by atoms with E-state index in [1.165, 1.54) is 4.52 Å². The van der Waals surface area contributed by atoms with Crippen molar-refractivity contribution in [3.63, 3.8) is 0 Å². The van der Waals surface area contributed by atoms with Crippen molar-refractivity contribution in [2.45, 2.75) is 55.5 Å². The molecule has 39 heavy (non-hydrogen) atoms. The highest BCUT2D eigenvalue weighted by atomic mass is 32.2. The lowest BCUT2D eigenvalue weighted by molar-refractivity contribution is 0.137. The minimum absolute atomic E-state index is 0.0260. The number of aromatic nitrogens is 4. The normalized spacial score (nSPS) is 20.9. The van der Waals surface area contributed by atoms with Crippen LogP contribution in [0.1, 0.15) is 44.2 Å². The van der Waals surface area contributed by atoms with E-state index in [0.717, 1.165) is 41.5 Å². The molecule has 5 heterocycles. The molecule has 2 aliphatic heterocycles. The molecular weight excluding hydrogens is 514 g/mol. The number of piperidine rings is 1. The summed E-state index contributed by atoms with van der Waals surface area (Å²) in [6.45, 7) is 2.47. The molecule has 0 spiro atoms. The van der Waals surface area contributed by atoms with Crippen LogP contribution in [0.4, 0.5) is 10.6 Å². The lowest BCUT2D eigenvalue weighted by atomic mass is 9.88. The Morgan fingerprint density at radius 2 is 1.77 bits per heavy atom. The number of rotatable bonds is 5. The first-order valence-electron chi connectivity index (χ1n) is 13.2. The molecule has 3 N–H and O–H groups in total. The molecule has 2 saturated heterocycles. The van der Waals surface area contributed by atoms with E-state index in [1.54, 1.807) is 12.4 Å². The molecule has 3 atom stereocenters. The van der Waals surface area contributed by atoms with Gasteiger partial charge in [-0.15, -0.1) is 0 Å². The van der Waals surface area contributed by atoms with Gasteiger partial charge in [0.2, 0.25) is 0 Å². The molecule has 2 fully saturated rings. The number of carbonyl (C=O) groups excluding carboxylic acids is 1. The quantitative estimate of drug-likeness (QED) is 0.388. The van der Waals surface area contributed by atoms with Crippen molar-refractivity contribution in [2.75, 3.05) is 18.5 Å². The molecule has 0 radical (unpaired) electrons. The second kappa shape index (κ2) is 9.64. The summed E-state index contributed by atoms with van der Waals surface area (Å²) in [6, 6.07) is 13.8. The molecule has 1 aromatic carbocycles. The predicted molar refractivity (Wildman–Crippen MR) is 149 cm³/mol. The number of nitrogens with one attached hydrogen (secondary N) is 1. The number of amides is 2. The maximum Gasteiger partial charge on any atom is 0.317 e. The van der Waals surface area contributed by atoms with Gasteiger partial charge in [0.1, 0.15) is 10.7 Å². The van der Waals surface area contributed by atoms with Gasteiger partial charge in [-0.1, -0.05) is 36.4 Å². The summed E-state index contributed by atoms with van der Waals surface area (Å²) in [5.74, 6) is -0.0948. The maximum atomic E-state index is 13.0. The van der Waals surface area contributed by atoms with E-state index >= 15 is 0 Å². The molecule has 2 amide bonds. The molecule has 2 aliphatic rings. The zero-order valence-electron chi connectivity index (χ0n) is 21.9. The van der Waals surface area contributed by atoms with Crippen molar-refractivity contribution >= 4 is 27.3 Å². The number of carbonyl (C=O) groups is 1. The van der Waals surface area contributed by atoms with Gasteiger partial charge in [-0.2, -0.15) is 9.61 Å². The highest BCUT2D eigenvalue weighted by Gasteiger charge is 2.45. The second-order valence-corrected chi connectivity index (χ2v) is 12.3. The molecule has 2 bridgehead atoms. The fourth-order valence-electron chi connectivity index (χ4n) is 6.19. The third-order valence-electron chi connectivity index (χ3n) is 7.86. The number of benzene rings is 1. The lowest BCUT2D eigenvalue weighted by Gasteiger charge is -2.39. The van der Waals surface area contributed by atoms with Crippen LogP contribution < -0.4 is 11.1 Å². The third kappa shape index (κ3) is 4.40. The van der Waals surface area contributed by atoms with Crippen LogP contribution in [0.2, 0.25) is 0 Å². The summed E-state index contributed by atoms with van der Waals surface area (Å²) in [5, 5.41) is 7.32. The van der Waals surface area contributed by atoms with Gasteiger partial charge in [0.05, 0.1) is 17.6 Å². The number of fused-ring (bicyclic) bond motifs is 3. The molecule has 10 nitrogen and oxygen atoms in total. The summed E-state index contributed by atoms with van der Waals surface area (Å²) in [6.07, 6.45) is 7.63. The Morgan fingerprint density at radius 3 is 2.38 bits per heavy atom. The first-order valence-corrected chi connectivity index (χ1v) is 15.1. The van der Waals surface area contributed by atoms with Crippen molar-refractivity contribution in [2.24, 2.45) is 0 Å². The van der Waals surface area contributed by atoms with Crippen LogP contribution in [0, 0.1) is 0 Å². The second-order valence-electron chi connectivity index (χ2n) is 10.4. The number of urea groups is 1. The average molecular weight is 546 g/mol. The van der Waals surface area contributed by atoms with E-state index < -0.39 is 9.84 Å². The number of nitrogens with zero attached hydrogens (tertiary/aromatic N) is 5. The van der Waals surface area contributed by atoms with Gasteiger partial charge in [0.25, 0.3) is 0 Å². The Hall–Kier alpha value is -3.99. The summed E-state index contributed by atoms with van der Waals surface area (Å²) in [7, 11) is -3.70. The Morgan fingerprint density at radius 1 is 1.05 bits per heavy atom. The first-order chi connectivity index (χ1) is 18.8. The average Bonchev–Trinajstić information content (AvgIpc) is 3.47. The monoisotopic (exact) mass is 545 g/mol. The summed E-state index contributed by atoms with van der Waals surface area (Å²) in [5.41, 5.74) is 10.8. The SMILES string of the molecule is CCNC(=O)N1C2CC[C@H]1CC(c1nc3c(-c4ccc(-c5ccccc5)nc4)cnn3c(N)c1S(C)(=O)=O)C2. The van der Waals surface area contributed by atoms with Crippen LogP contribution in [-0.4, -0.2) is 63.8 Å². The van der Waals surface area contributed by atoms with Gasteiger partial charge in [-0.05, 0) is 38.7 Å². The number of anilines is 1. The van der Waals surface area contributed by atoms with Crippen LogP contribution in [-0.2, 0) is 9.84 Å². The Labute approximate surface area is 227 Å².